The molecule has 0 aliphatic carbocycles. The van der Waals surface area contributed by atoms with Crippen molar-refractivity contribution in [3.8, 4) is 11.1 Å². The predicted octanol–water partition coefficient (Wildman–Crippen LogP) is 4.67. The number of amides is 4. The molecule has 6 heteroatoms. The van der Waals surface area contributed by atoms with E-state index in [1.807, 2.05) is 54.6 Å². The second-order valence-corrected chi connectivity index (χ2v) is 6.86. The van der Waals surface area contributed by atoms with Crippen molar-refractivity contribution in [1.29, 1.82) is 0 Å². The minimum absolute atomic E-state index is 0.119. The van der Waals surface area contributed by atoms with Crippen LogP contribution >= 0.6 is 11.6 Å². The van der Waals surface area contributed by atoms with Gasteiger partial charge in [0.15, 0.2) is 0 Å². The smallest absolute Gasteiger partial charge is 0.273 e. The molecule has 29 heavy (non-hydrogen) atoms. The second kappa shape index (κ2) is 7.73. The number of hydrogen-bond acceptors (Lipinski definition) is 3. The van der Waals surface area contributed by atoms with E-state index < -0.39 is 17.8 Å². The van der Waals surface area contributed by atoms with E-state index in [0.29, 0.717) is 16.3 Å². The van der Waals surface area contributed by atoms with Crippen molar-refractivity contribution in [1.82, 2.24) is 5.32 Å². The van der Waals surface area contributed by atoms with Crippen molar-refractivity contribution in [2.45, 2.75) is 0 Å². The summed E-state index contributed by atoms with van der Waals surface area (Å²) in [6, 6.07) is 22.8. The highest BCUT2D eigenvalue weighted by molar-refractivity contribution is 6.39. The first kappa shape index (κ1) is 18.7. The number of nitrogens with zero attached hydrogens (tertiary/aromatic N) is 1. The van der Waals surface area contributed by atoms with Gasteiger partial charge in [-0.05, 0) is 47.0 Å². The van der Waals surface area contributed by atoms with Gasteiger partial charge in [0.25, 0.3) is 11.8 Å². The van der Waals surface area contributed by atoms with Crippen LogP contribution in [-0.2, 0) is 9.59 Å². The summed E-state index contributed by atoms with van der Waals surface area (Å²) in [7, 11) is 0. The van der Waals surface area contributed by atoms with E-state index in [0.717, 1.165) is 16.0 Å². The van der Waals surface area contributed by atoms with E-state index in [1.165, 1.54) is 6.08 Å². The van der Waals surface area contributed by atoms with Crippen LogP contribution in [0.2, 0.25) is 5.02 Å². The maximum Gasteiger partial charge on any atom is 0.335 e. The molecule has 1 N–H and O–H groups in total. The fourth-order valence-electron chi connectivity index (χ4n) is 3.05. The summed E-state index contributed by atoms with van der Waals surface area (Å²) in [5, 5.41) is 2.68. The number of barbiturate groups is 1. The van der Waals surface area contributed by atoms with Gasteiger partial charge in [-0.1, -0.05) is 66.2 Å². The van der Waals surface area contributed by atoms with Gasteiger partial charge < -0.3 is 0 Å². The largest absolute Gasteiger partial charge is 0.335 e. The molecule has 1 saturated heterocycles. The third-order valence-corrected chi connectivity index (χ3v) is 4.77. The summed E-state index contributed by atoms with van der Waals surface area (Å²) >= 11 is 5.87. The zero-order chi connectivity index (χ0) is 20.4. The molecule has 4 amide bonds. The molecule has 1 aliphatic heterocycles. The summed E-state index contributed by atoms with van der Waals surface area (Å²) in [5.41, 5.74) is 2.97. The average molecular weight is 403 g/mol. The molecule has 0 unspecified atom stereocenters. The molecule has 0 saturated carbocycles. The van der Waals surface area contributed by atoms with Crippen molar-refractivity contribution >= 4 is 41.2 Å². The minimum atomic E-state index is -0.793. The summed E-state index contributed by atoms with van der Waals surface area (Å²) in [4.78, 5) is 38.3. The summed E-state index contributed by atoms with van der Waals surface area (Å²) in [6.45, 7) is 0. The van der Waals surface area contributed by atoms with E-state index in [1.54, 1.807) is 24.3 Å². The molecule has 5 nitrogen and oxygen atoms in total. The Morgan fingerprint density at radius 1 is 0.759 bits per heavy atom. The predicted molar refractivity (Wildman–Crippen MR) is 112 cm³/mol. The fraction of sp³-hybridized carbons (Fsp3) is 0. The Morgan fingerprint density at radius 3 is 2.03 bits per heavy atom. The summed E-state index contributed by atoms with van der Waals surface area (Å²) in [5.74, 6) is -1.41. The number of halogens is 1. The van der Waals surface area contributed by atoms with E-state index in [2.05, 4.69) is 5.32 Å². The SMILES string of the molecule is O=C1NC(=O)N(c2ccc(Cl)cc2)C(=O)/C1=C/c1ccc(-c2ccccc2)cc1. The van der Waals surface area contributed by atoms with Gasteiger partial charge in [-0.15, -0.1) is 0 Å². The Hall–Kier alpha value is -3.70. The molecule has 1 heterocycles. The van der Waals surface area contributed by atoms with Gasteiger partial charge in [-0.2, -0.15) is 0 Å². The molecule has 0 radical (unpaired) electrons. The lowest BCUT2D eigenvalue weighted by Gasteiger charge is -2.26. The van der Waals surface area contributed by atoms with Gasteiger partial charge in [0.05, 0.1) is 5.69 Å². The van der Waals surface area contributed by atoms with Crippen molar-refractivity contribution in [2.75, 3.05) is 4.90 Å². The average Bonchev–Trinajstić information content (AvgIpc) is 2.73. The van der Waals surface area contributed by atoms with Gasteiger partial charge in [-0.3, -0.25) is 14.9 Å². The highest BCUT2D eigenvalue weighted by Gasteiger charge is 2.36. The quantitative estimate of drug-likeness (QED) is 0.511. The van der Waals surface area contributed by atoms with E-state index in [9.17, 15) is 14.4 Å². The van der Waals surface area contributed by atoms with Crippen LogP contribution in [0.15, 0.2) is 84.4 Å². The van der Waals surface area contributed by atoms with E-state index in [-0.39, 0.29) is 5.57 Å². The van der Waals surface area contributed by atoms with Gasteiger partial charge in [0, 0.05) is 5.02 Å². The van der Waals surface area contributed by atoms with Crippen LogP contribution in [0.5, 0.6) is 0 Å². The lowest BCUT2D eigenvalue weighted by atomic mass is 10.0. The highest BCUT2D eigenvalue weighted by Crippen LogP contribution is 2.24. The van der Waals surface area contributed by atoms with Gasteiger partial charge >= 0.3 is 6.03 Å². The number of hydrogen-bond donors (Lipinski definition) is 1. The fourth-order valence-corrected chi connectivity index (χ4v) is 3.18. The number of nitrogens with one attached hydrogen (secondary N) is 1. The molecule has 0 bridgehead atoms. The van der Waals surface area contributed by atoms with Gasteiger partial charge in [0.2, 0.25) is 0 Å². The van der Waals surface area contributed by atoms with Gasteiger partial charge in [0.1, 0.15) is 5.57 Å². The maximum absolute atomic E-state index is 12.9. The molecule has 4 rings (SSSR count). The number of carbonyl (C=O) groups is 3. The van der Waals surface area contributed by atoms with E-state index >= 15 is 0 Å². The molecule has 0 atom stereocenters. The Morgan fingerprint density at radius 2 is 1.38 bits per heavy atom. The zero-order valence-corrected chi connectivity index (χ0v) is 15.9. The minimum Gasteiger partial charge on any atom is -0.273 e. The van der Waals surface area contributed by atoms with Crippen molar-refractivity contribution in [3.63, 3.8) is 0 Å². The topological polar surface area (TPSA) is 66.5 Å². The number of anilines is 1. The lowest BCUT2D eigenvalue weighted by Crippen LogP contribution is -2.54. The molecular weight excluding hydrogens is 388 g/mol. The Labute approximate surface area is 172 Å². The summed E-state index contributed by atoms with van der Waals surface area (Å²) < 4.78 is 0. The van der Waals surface area contributed by atoms with Crippen LogP contribution in [0.3, 0.4) is 0 Å². The molecular formula is C23H15ClN2O3. The summed E-state index contributed by atoms with van der Waals surface area (Å²) in [6.07, 6.45) is 1.47. The van der Waals surface area contributed by atoms with Crippen LogP contribution in [0, 0.1) is 0 Å². The molecule has 1 aliphatic rings. The highest BCUT2D eigenvalue weighted by atomic mass is 35.5. The molecule has 3 aromatic carbocycles. The maximum atomic E-state index is 12.9. The third kappa shape index (κ3) is 3.81. The number of imide groups is 2. The first-order valence-electron chi connectivity index (χ1n) is 8.85. The first-order chi connectivity index (χ1) is 14.0. The number of rotatable bonds is 3. The second-order valence-electron chi connectivity index (χ2n) is 6.42. The standard InChI is InChI=1S/C23H15ClN2O3/c24-18-10-12-19(13-11-18)26-22(28)20(21(27)25-23(26)29)14-15-6-8-17(9-7-15)16-4-2-1-3-5-16/h1-14H,(H,25,27,29)/b20-14+. The van der Waals surface area contributed by atoms with Crippen LogP contribution in [0.1, 0.15) is 5.56 Å². The number of carbonyl (C=O) groups excluding carboxylic acids is 3. The van der Waals surface area contributed by atoms with Gasteiger partial charge in [-0.25, -0.2) is 9.69 Å². The molecule has 1 fully saturated rings. The zero-order valence-electron chi connectivity index (χ0n) is 15.1. The monoisotopic (exact) mass is 402 g/mol. The van der Waals surface area contributed by atoms with Crippen LogP contribution in [0.25, 0.3) is 17.2 Å². The number of benzene rings is 3. The molecule has 0 aromatic heterocycles. The first-order valence-corrected chi connectivity index (χ1v) is 9.23. The molecule has 3 aromatic rings. The lowest BCUT2D eigenvalue weighted by molar-refractivity contribution is -0.122. The van der Waals surface area contributed by atoms with Crippen LogP contribution in [-0.4, -0.2) is 17.8 Å². The Bertz CT molecular complexity index is 1120. The Kier molecular flexibility index (Phi) is 4.97. The van der Waals surface area contributed by atoms with Crippen molar-refractivity contribution in [2.24, 2.45) is 0 Å². The van der Waals surface area contributed by atoms with Crippen molar-refractivity contribution < 1.29 is 14.4 Å². The van der Waals surface area contributed by atoms with Crippen LogP contribution < -0.4 is 10.2 Å². The van der Waals surface area contributed by atoms with Crippen LogP contribution in [0.4, 0.5) is 10.5 Å². The Balaban J connectivity index is 1.65. The van der Waals surface area contributed by atoms with E-state index in [4.69, 9.17) is 11.6 Å². The molecule has 142 valence electrons. The third-order valence-electron chi connectivity index (χ3n) is 4.52. The van der Waals surface area contributed by atoms with Crippen molar-refractivity contribution in [3.05, 3.63) is 95.0 Å². The number of urea groups is 1. The normalized spacial score (nSPS) is 15.6. The molecule has 0 spiro atoms.